The number of aromatic nitrogens is 1. The topological polar surface area (TPSA) is 4.41 Å². The van der Waals surface area contributed by atoms with Crippen molar-refractivity contribution >= 4 is 27.2 Å². The summed E-state index contributed by atoms with van der Waals surface area (Å²) in [5.41, 5.74) is 6.42. The molecular formula is C23H17N. The minimum atomic E-state index is 1.24. The van der Waals surface area contributed by atoms with Gasteiger partial charge in [-0.05, 0) is 35.6 Å². The molecule has 0 bridgehead atoms. The fourth-order valence-corrected chi connectivity index (χ4v) is 3.85. The van der Waals surface area contributed by atoms with Crippen molar-refractivity contribution in [1.29, 1.82) is 0 Å². The summed E-state index contributed by atoms with van der Waals surface area (Å²) < 4.78 is 2.42. The molecule has 2 heterocycles. The molecule has 1 nitrogen and oxygen atoms in total. The van der Waals surface area contributed by atoms with Crippen molar-refractivity contribution in [2.45, 2.75) is 6.92 Å². The van der Waals surface area contributed by atoms with E-state index in [1.807, 2.05) is 0 Å². The number of rotatable bonds is 1. The van der Waals surface area contributed by atoms with Gasteiger partial charge in [-0.2, -0.15) is 0 Å². The van der Waals surface area contributed by atoms with Gasteiger partial charge in [0.25, 0.3) is 0 Å². The van der Waals surface area contributed by atoms with Gasteiger partial charge in [0, 0.05) is 10.8 Å². The smallest absolute Gasteiger partial charge is 0.0576 e. The average molecular weight is 307 g/mol. The Morgan fingerprint density at radius 3 is 2.17 bits per heavy atom. The Labute approximate surface area is 140 Å². The molecule has 2 aromatic heterocycles. The summed E-state index contributed by atoms with van der Waals surface area (Å²) in [7, 11) is 0. The second-order valence-electron chi connectivity index (χ2n) is 6.31. The van der Waals surface area contributed by atoms with Gasteiger partial charge < -0.3 is 4.40 Å². The van der Waals surface area contributed by atoms with Gasteiger partial charge >= 0.3 is 0 Å². The minimum absolute atomic E-state index is 1.24. The second kappa shape index (κ2) is 4.97. The minimum Gasteiger partial charge on any atom is -0.308 e. The van der Waals surface area contributed by atoms with Gasteiger partial charge in [0.15, 0.2) is 0 Å². The number of para-hydroxylation sites is 1. The largest absolute Gasteiger partial charge is 0.308 e. The molecule has 24 heavy (non-hydrogen) atoms. The van der Waals surface area contributed by atoms with Crippen LogP contribution in [0.5, 0.6) is 0 Å². The number of hydrogen-bond donors (Lipinski definition) is 0. The third-order valence-electron chi connectivity index (χ3n) is 4.95. The Morgan fingerprint density at radius 1 is 0.667 bits per heavy atom. The highest BCUT2D eigenvalue weighted by molar-refractivity contribution is 6.07. The van der Waals surface area contributed by atoms with Gasteiger partial charge in [0.05, 0.1) is 16.7 Å². The molecule has 5 rings (SSSR count). The summed E-state index contributed by atoms with van der Waals surface area (Å²) in [5.74, 6) is 0. The van der Waals surface area contributed by atoms with Crippen LogP contribution in [0.1, 0.15) is 5.56 Å². The van der Waals surface area contributed by atoms with Gasteiger partial charge in [0.2, 0.25) is 0 Å². The first-order chi connectivity index (χ1) is 11.8. The van der Waals surface area contributed by atoms with Crippen LogP contribution < -0.4 is 0 Å². The Balaban J connectivity index is 2.10. The SMILES string of the molecule is Cc1c2ccccc2n2c(-c3ccccc3)cc3ccccc3c12. The van der Waals surface area contributed by atoms with E-state index in [4.69, 9.17) is 0 Å². The molecule has 1 heteroatoms. The second-order valence-corrected chi connectivity index (χ2v) is 6.31. The van der Waals surface area contributed by atoms with Crippen LogP contribution in [0.15, 0.2) is 84.9 Å². The van der Waals surface area contributed by atoms with E-state index >= 15 is 0 Å². The molecule has 0 aliphatic heterocycles. The van der Waals surface area contributed by atoms with Gasteiger partial charge in [-0.25, -0.2) is 0 Å². The Morgan fingerprint density at radius 2 is 1.33 bits per heavy atom. The van der Waals surface area contributed by atoms with Crippen LogP contribution in [0.2, 0.25) is 0 Å². The fraction of sp³-hybridized carbons (Fsp3) is 0.0435. The average Bonchev–Trinajstić information content (AvgIpc) is 2.96. The summed E-state index contributed by atoms with van der Waals surface area (Å²) in [6, 6.07) is 30.3. The van der Waals surface area contributed by atoms with Crippen molar-refractivity contribution in [2.75, 3.05) is 0 Å². The van der Waals surface area contributed by atoms with E-state index in [2.05, 4.69) is 96.3 Å². The highest BCUT2D eigenvalue weighted by Gasteiger charge is 2.15. The van der Waals surface area contributed by atoms with Gasteiger partial charge in [-0.3, -0.25) is 0 Å². The van der Waals surface area contributed by atoms with Crippen molar-refractivity contribution in [2.24, 2.45) is 0 Å². The van der Waals surface area contributed by atoms with Gasteiger partial charge in [0.1, 0.15) is 0 Å². The zero-order valence-corrected chi connectivity index (χ0v) is 13.5. The van der Waals surface area contributed by atoms with Crippen LogP contribution in [0, 0.1) is 6.92 Å². The van der Waals surface area contributed by atoms with Crippen molar-refractivity contribution in [3.63, 3.8) is 0 Å². The lowest BCUT2D eigenvalue weighted by molar-refractivity contribution is 1.26. The Hall–Kier alpha value is -3.06. The zero-order chi connectivity index (χ0) is 16.1. The first-order valence-corrected chi connectivity index (χ1v) is 8.31. The Kier molecular flexibility index (Phi) is 2.77. The van der Waals surface area contributed by atoms with Crippen molar-refractivity contribution in [3.05, 3.63) is 90.5 Å². The van der Waals surface area contributed by atoms with Crippen molar-refractivity contribution < 1.29 is 0 Å². The molecule has 0 atom stereocenters. The molecule has 0 unspecified atom stereocenters. The van der Waals surface area contributed by atoms with E-state index in [0.29, 0.717) is 0 Å². The molecule has 114 valence electrons. The monoisotopic (exact) mass is 307 g/mol. The molecule has 0 amide bonds. The zero-order valence-electron chi connectivity index (χ0n) is 13.5. The molecule has 0 aliphatic rings. The van der Waals surface area contributed by atoms with E-state index in [1.54, 1.807) is 0 Å². The predicted molar refractivity (Wildman–Crippen MR) is 103 cm³/mol. The molecule has 0 fully saturated rings. The lowest BCUT2D eigenvalue weighted by atomic mass is 10.0. The van der Waals surface area contributed by atoms with E-state index < -0.39 is 0 Å². The van der Waals surface area contributed by atoms with E-state index in [1.165, 1.54) is 44.0 Å². The summed E-state index contributed by atoms with van der Waals surface area (Å²) >= 11 is 0. The summed E-state index contributed by atoms with van der Waals surface area (Å²) in [6.07, 6.45) is 0. The number of fused-ring (bicyclic) bond motifs is 5. The van der Waals surface area contributed by atoms with Crippen molar-refractivity contribution in [1.82, 2.24) is 4.40 Å². The lowest BCUT2D eigenvalue weighted by Crippen LogP contribution is -1.93. The molecule has 5 aromatic rings. The number of aryl methyl sites for hydroxylation is 1. The predicted octanol–water partition coefficient (Wildman–Crippen LogP) is 6.22. The van der Waals surface area contributed by atoms with Crippen LogP contribution in [-0.2, 0) is 0 Å². The summed E-state index contributed by atoms with van der Waals surface area (Å²) in [4.78, 5) is 0. The molecular weight excluding hydrogens is 290 g/mol. The van der Waals surface area contributed by atoms with Crippen LogP contribution in [0.25, 0.3) is 38.4 Å². The number of nitrogens with zero attached hydrogens (tertiary/aromatic N) is 1. The molecule has 0 N–H and O–H groups in total. The van der Waals surface area contributed by atoms with Gasteiger partial charge in [-0.1, -0.05) is 72.8 Å². The lowest BCUT2D eigenvalue weighted by Gasteiger charge is -2.11. The van der Waals surface area contributed by atoms with E-state index in [0.717, 1.165) is 0 Å². The third kappa shape index (κ3) is 1.75. The maximum absolute atomic E-state index is 2.42. The number of pyridine rings is 1. The fourth-order valence-electron chi connectivity index (χ4n) is 3.85. The third-order valence-corrected chi connectivity index (χ3v) is 4.95. The normalized spacial score (nSPS) is 11.5. The van der Waals surface area contributed by atoms with E-state index in [-0.39, 0.29) is 0 Å². The van der Waals surface area contributed by atoms with E-state index in [9.17, 15) is 0 Å². The maximum atomic E-state index is 2.42. The molecule has 0 spiro atoms. The first kappa shape index (κ1) is 13.4. The number of hydrogen-bond acceptors (Lipinski definition) is 0. The van der Waals surface area contributed by atoms with Crippen LogP contribution in [-0.4, -0.2) is 4.40 Å². The van der Waals surface area contributed by atoms with Crippen LogP contribution >= 0.6 is 0 Å². The summed E-state index contributed by atoms with van der Waals surface area (Å²) in [6.45, 7) is 2.24. The standard InChI is InChI=1S/C23H17N/c1-16-19-12-7-8-14-21(19)24-22(17-9-3-2-4-10-17)15-18-11-5-6-13-20(18)23(16)24/h2-15H,1H3. The quantitative estimate of drug-likeness (QED) is 0.346. The van der Waals surface area contributed by atoms with Crippen LogP contribution in [0.3, 0.4) is 0 Å². The molecule has 0 aliphatic carbocycles. The molecule has 3 aromatic carbocycles. The number of benzene rings is 3. The molecule has 0 radical (unpaired) electrons. The Bertz CT molecular complexity index is 1200. The van der Waals surface area contributed by atoms with Gasteiger partial charge in [-0.15, -0.1) is 0 Å². The molecule has 0 saturated carbocycles. The molecule has 0 saturated heterocycles. The van der Waals surface area contributed by atoms with Crippen LogP contribution in [0.4, 0.5) is 0 Å². The summed E-state index contributed by atoms with van der Waals surface area (Å²) in [5, 5.41) is 3.92. The maximum Gasteiger partial charge on any atom is 0.0576 e. The highest BCUT2D eigenvalue weighted by Crippen LogP contribution is 2.36. The van der Waals surface area contributed by atoms with Crippen molar-refractivity contribution in [3.8, 4) is 11.3 Å². The highest BCUT2D eigenvalue weighted by atomic mass is 14.9. The first-order valence-electron chi connectivity index (χ1n) is 8.31.